The van der Waals surface area contributed by atoms with Gasteiger partial charge in [-0.1, -0.05) is 6.08 Å². The second-order valence-electron chi connectivity index (χ2n) is 2.03. The molecule has 0 atom stereocenters. The fraction of sp³-hybridized carbons (Fsp3) is 0.625. The molecular formula is C8H14O4. The topological polar surface area (TPSA) is 44.8 Å². The van der Waals surface area contributed by atoms with Crippen LogP contribution in [-0.2, 0) is 19.0 Å². The van der Waals surface area contributed by atoms with Crippen molar-refractivity contribution in [1.82, 2.24) is 0 Å². The number of esters is 1. The third kappa shape index (κ3) is 7.24. The van der Waals surface area contributed by atoms with Gasteiger partial charge in [-0.25, -0.2) is 4.79 Å². The van der Waals surface area contributed by atoms with Crippen LogP contribution in [-0.4, -0.2) is 33.6 Å². The van der Waals surface area contributed by atoms with E-state index < -0.39 is 0 Å². The van der Waals surface area contributed by atoms with Crippen molar-refractivity contribution in [2.75, 3.05) is 27.6 Å². The number of hydrogen-bond donors (Lipinski definition) is 0. The normalized spacial score (nSPS) is 10.5. The van der Waals surface area contributed by atoms with Gasteiger partial charge >= 0.3 is 5.97 Å². The molecule has 0 aromatic carbocycles. The van der Waals surface area contributed by atoms with Gasteiger partial charge in [-0.05, 0) is 6.42 Å². The van der Waals surface area contributed by atoms with Crippen LogP contribution >= 0.6 is 0 Å². The molecule has 0 rings (SSSR count). The standard InChI is InChI=1S/C8H14O4/c1-10-7-12-6-4-3-5-8(9)11-2/h3,5H,4,6-7H2,1-2H3. The van der Waals surface area contributed by atoms with E-state index in [9.17, 15) is 4.79 Å². The van der Waals surface area contributed by atoms with Crippen molar-refractivity contribution in [3.05, 3.63) is 12.2 Å². The van der Waals surface area contributed by atoms with E-state index in [1.807, 2.05) is 0 Å². The molecule has 70 valence electrons. The van der Waals surface area contributed by atoms with Gasteiger partial charge in [0.05, 0.1) is 13.7 Å². The molecule has 12 heavy (non-hydrogen) atoms. The molecule has 0 saturated carbocycles. The van der Waals surface area contributed by atoms with Crippen LogP contribution in [0.4, 0.5) is 0 Å². The van der Waals surface area contributed by atoms with Crippen LogP contribution < -0.4 is 0 Å². The minimum absolute atomic E-state index is 0.284. The smallest absolute Gasteiger partial charge is 0.330 e. The zero-order valence-corrected chi connectivity index (χ0v) is 7.41. The SMILES string of the molecule is COCOCCC=CC(=O)OC. The van der Waals surface area contributed by atoms with E-state index in [2.05, 4.69) is 9.47 Å². The van der Waals surface area contributed by atoms with Crippen molar-refractivity contribution < 1.29 is 19.0 Å². The summed E-state index contributed by atoms with van der Waals surface area (Å²) in [6, 6.07) is 0. The summed E-state index contributed by atoms with van der Waals surface area (Å²) < 4.78 is 14.0. The maximum Gasteiger partial charge on any atom is 0.330 e. The van der Waals surface area contributed by atoms with Crippen molar-refractivity contribution in [2.45, 2.75) is 6.42 Å². The van der Waals surface area contributed by atoms with E-state index >= 15 is 0 Å². The minimum Gasteiger partial charge on any atom is -0.466 e. The number of methoxy groups -OCH3 is 2. The molecule has 0 aliphatic rings. The number of ether oxygens (including phenoxy) is 3. The van der Waals surface area contributed by atoms with Crippen molar-refractivity contribution in [3.63, 3.8) is 0 Å². The van der Waals surface area contributed by atoms with Crippen LogP contribution in [0.15, 0.2) is 12.2 Å². The Kier molecular flexibility index (Phi) is 7.63. The molecule has 0 radical (unpaired) electrons. The minimum atomic E-state index is -0.346. The van der Waals surface area contributed by atoms with Crippen molar-refractivity contribution in [2.24, 2.45) is 0 Å². The Labute approximate surface area is 72.1 Å². The molecule has 0 unspecified atom stereocenters. The highest BCUT2D eigenvalue weighted by Gasteiger charge is 1.89. The van der Waals surface area contributed by atoms with Crippen LogP contribution in [0.3, 0.4) is 0 Å². The molecule has 0 aliphatic carbocycles. The Morgan fingerprint density at radius 1 is 1.42 bits per heavy atom. The average molecular weight is 174 g/mol. The number of carbonyl (C=O) groups is 1. The lowest BCUT2D eigenvalue weighted by atomic mass is 10.4. The molecule has 0 aromatic heterocycles. The number of carbonyl (C=O) groups excluding carboxylic acids is 1. The van der Waals surface area contributed by atoms with Gasteiger partial charge < -0.3 is 14.2 Å². The summed E-state index contributed by atoms with van der Waals surface area (Å²) in [5, 5.41) is 0. The molecule has 4 heteroatoms. The Bertz CT molecular complexity index is 142. The van der Waals surface area contributed by atoms with Crippen LogP contribution in [0.25, 0.3) is 0 Å². The molecule has 0 amide bonds. The largest absolute Gasteiger partial charge is 0.466 e. The molecule has 0 N–H and O–H groups in total. The zero-order valence-electron chi connectivity index (χ0n) is 7.41. The maximum absolute atomic E-state index is 10.5. The van der Waals surface area contributed by atoms with E-state index in [1.165, 1.54) is 13.2 Å². The van der Waals surface area contributed by atoms with E-state index in [0.717, 1.165) is 0 Å². The monoisotopic (exact) mass is 174 g/mol. The third-order valence-electron chi connectivity index (χ3n) is 1.09. The molecule has 4 nitrogen and oxygen atoms in total. The molecule has 0 heterocycles. The third-order valence-corrected chi connectivity index (χ3v) is 1.09. The first kappa shape index (κ1) is 11.1. The predicted molar refractivity (Wildman–Crippen MR) is 43.6 cm³/mol. The first-order chi connectivity index (χ1) is 5.81. The Morgan fingerprint density at radius 2 is 2.17 bits per heavy atom. The Hall–Kier alpha value is -0.870. The molecule has 0 spiro atoms. The second kappa shape index (κ2) is 8.23. The van der Waals surface area contributed by atoms with E-state index in [1.54, 1.807) is 13.2 Å². The van der Waals surface area contributed by atoms with Gasteiger partial charge in [-0.2, -0.15) is 0 Å². The summed E-state index contributed by atoms with van der Waals surface area (Å²) in [5.74, 6) is -0.346. The average Bonchev–Trinajstić information content (AvgIpc) is 2.10. The highest BCUT2D eigenvalue weighted by atomic mass is 16.7. The van der Waals surface area contributed by atoms with Gasteiger partial charge in [0.25, 0.3) is 0 Å². The fourth-order valence-electron chi connectivity index (χ4n) is 0.541. The lowest BCUT2D eigenvalue weighted by molar-refractivity contribution is -0.134. The highest BCUT2D eigenvalue weighted by Crippen LogP contribution is 1.86. The Morgan fingerprint density at radius 3 is 2.75 bits per heavy atom. The number of rotatable bonds is 6. The van der Waals surface area contributed by atoms with E-state index in [-0.39, 0.29) is 12.8 Å². The highest BCUT2D eigenvalue weighted by molar-refractivity contribution is 5.81. The maximum atomic E-state index is 10.5. The predicted octanol–water partition coefficient (Wildman–Crippen LogP) is 0.726. The van der Waals surface area contributed by atoms with Crippen LogP contribution in [0, 0.1) is 0 Å². The van der Waals surface area contributed by atoms with Crippen molar-refractivity contribution in [3.8, 4) is 0 Å². The van der Waals surface area contributed by atoms with Crippen LogP contribution in [0.5, 0.6) is 0 Å². The first-order valence-electron chi connectivity index (χ1n) is 3.62. The summed E-state index contributed by atoms with van der Waals surface area (Å²) >= 11 is 0. The quantitative estimate of drug-likeness (QED) is 0.258. The number of hydrogen-bond acceptors (Lipinski definition) is 4. The summed E-state index contributed by atoms with van der Waals surface area (Å²) in [7, 11) is 2.90. The summed E-state index contributed by atoms with van der Waals surface area (Å²) in [4.78, 5) is 10.5. The van der Waals surface area contributed by atoms with Gasteiger partial charge in [0.15, 0.2) is 0 Å². The molecule has 0 fully saturated rings. The van der Waals surface area contributed by atoms with Crippen LogP contribution in [0.2, 0.25) is 0 Å². The molecule has 0 aliphatic heterocycles. The summed E-state index contributed by atoms with van der Waals surface area (Å²) in [5.41, 5.74) is 0. The molecule has 0 saturated heterocycles. The lowest BCUT2D eigenvalue weighted by Gasteiger charge is -1.98. The fourth-order valence-corrected chi connectivity index (χ4v) is 0.541. The summed E-state index contributed by atoms with van der Waals surface area (Å²) in [6.45, 7) is 0.827. The van der Waals surface area contributed by atoms with E-state index in [4.69, 9.17) is 4.74 Å². The lowest BCUT2D eigenvalue weighted by Crippen LogP contribution is -1.98. The molecule has 0 bridgehead atoms. The first-order valence-corrected chi connectivity index (χ1v) is 3.62. The van der Waals surface area contributed by atoms with Gasteiger partial charge in [0.2, 0.25) is 0 Å². The van der Waals surface area contributed by atoms with Gasteiger partial charge in [0.1, 0.15) is 6.79 Å². The van der Waals surface area contributed by atoms with Crippen LogP contribution in [0.1, 0.15) is 6.42 Å². The van der Waals surface area contributed by atoms with Gasteiger partial charge in [-0.15, -0.1) is 0 Å². The van der Waals surface area contributed by atoms with Gasteiger partial charge in [0, 0.05) is 13.2 Å². The second-order valence-corrected chi connectivity index (χ2v) is 2.03. The zero-order chi connectivity index (χ0) is 9.23. The van der Waals surface area contributed by atoms with Crippen molar-refractivity contribution >= 4 is 5.97 Å². The summed E-state index contributed by atoms with van der Waals surface area (Å²) in [6.07, 6.45) is 3.75. The van der Waals surface area contributed by atoms with Crippen molar-refractivity contribution in [1.29, 1.82) is 0 Å². The Balaban J connectivity index is 3.18. The van der Waals surface area contributed by atoms with E-state index in [0.29, 0.717) is 13.0 Å². The van der Waals surface area contributed by atoms with Gasteiger partial charge in [-0.3, -0.25) is 0 Å². The molecule has 0 aromatic rings. The molecular weight excluding hydrogens is 160 g/mol.